The number of ether oxygens (including phenoxy) is 4. The van der Waals surface area contributed by atoms with Crippen molar-refractivity contribution in [3.8, 4) is 0 Å². The van der Waals surface area contributed by atoms with E-state index in [1.165, 1.54) is 0 Å². The Labute approximate surface area is 107 Å². The zero-order chi connectivity index (χ0) is 12.6. The molecule has 0 aliphatic rings. The zero-order valence-electron chi connectivity index (χ0n) is 9.97. The number of rotatable bonds is 8. The smallest absolute Gasteiger partial charge is 0.174 e. The van der Waals surface area contributed by atoms with Crippen LogP contribution in [0.25, 0.3) is 0 Å². The van der Waals surface area contributed by atoms with E-state index < -0.39 is 0 Å². The molecule has 0 aromatic rings. The van der Waals surface area contributed by atoms with Crippen LogP contribution in [0.3, 0.4) is 0 Å². The molecule has 0 aliphatic heterocycles. The quantitative estimate of drug-likeness (QED) is 0.357. The van der Waals surface area contributed by atoms with Gasteiger partial charge in [0.1, 0.15) is 0 Å². The summed E-state index contributed by atoms with van der Waals surface area (Å²) in [5, 5.41) is 0. The fraction of sp³-hybridized carbons (Fsp3) is 0.889. The number of hydrogen-bond acceptors (Lipinski definition) is 6. The number of methoxy groups -OCH3 is 4. The van der Waals surface area contributed by atoms with Crippen LogP contribution in [0.2, 0.25) is 0 Å². The van der Waals surface area contributed by atoms with Crippen LogP contribution in [-0.2, 0) is 31.6 Å². The first-order chi connectivity index (χ1) is 7.58. The molecular formula is C9H18NO4S2-. The molecular weight excluding hydrogens is 250 g/mol. The van der Waals surface area contributed by atoms with Gasteiger partial charge in [-0.1, -0.05) is 4.32 Å². The van der Waals surface area contributed by atoms with Gasteiger partial charge in [0.2, 0.25) is 0 Å². The molecule has 0 amide bonds. The van der Waals surface area contributed by atoms with Crippen molar-refractivity contribution in [3.05, 3.63) is 0 Å². The SMILES string of the molecule is COC(CN(CC(OC)OC)C(=S)[S-])OC. The van der Waals surface area contributed by atoms with Gasteiger partial charge in [-0.25, -0.2) is 0 Å². The summed E-state index contributed by atoms with van der Waals surface area (Å²) in [4.78, 5) is 1.74. The van der Waals surface area contributed by atoms with E-state index in [2.05, 4.69) is 0 Å². The van der Waals surface area contributed by atoms with Crippen molar-refractivity contribution in [2.24, 2.45) is 0 Å². The van der Waals surface area contributed by atoms with Gasteiger partial charge >= 0.3 is 0 Å². The summed E-state index contributed by atoms with van der Waals surface area (Å²) < 4.78 is 20.6. The first-order valence-electron chi connectivity index (χ1n) is 4.66. The van der Waals surface area contributed by atoms with Crippen LogP contribution in [0.4, 0.5) is 0 Å². The lowest BCUT2D eigenvalue weighted by Crippen LogP contribution is -2.42. The largest absolute Gasteiger partial charge is 0.411 e. The Bertz CT molecular complexity index is 184. The van der Waals surface area contributed by atoms with Crippen LogP contribution in [0.5, 0.6) is 0 Å². The van der Waals surface area contributed by atoms with E-state index in [0.29, 0.717) is 17.4 Å². The van der Waals surface area contributed by atoms with Crippen LogP contribution in [0.1, 0.15) is 0 Å². The lowest BCUT2D eigenvalue weighted by molar-refractivity contribution is -0.132. The predicted molar refractivity (Wildman–Crippen MR) is 67.1 cm³/mol. The van der Waals surface area contributed by atoms with Gasteiger partial charge in [-0.3, -0.25) is 0 Å². The molecule has 0 aromatic carbocycles. The third-order valence-electron chi connectivity index (χ3n) is 2.05. The molecule has 0 saturated heterocycles. The molecule has 0 fully saturated rings. The van der Waals surface area contributed by atoms with Crippen LogP contribution in [0.15, 0.2) is 0 Å². The fourth-order valence-electron chi connectivity index (χ4n) is 1.07. The van der Waals surface area contributed by atoms with E-state index in [4.69, 9.17) is 43.8 Å². The minimum absolute atomic E-state index is 0.332. The van der Waals surface area contributed by atoms with Gasteiger partial charge in [-0.05, 0) is 0 Å². The summed E-state index contributed by atoms with van der Waals surface area (Å²) in [5.74, 6) is 0. The molecule has 0 saturated carbocycles. The van der Waals surface area contributed by atoms with Gasteiger partial charge in [0.25, 0.3) is 0 Å². The van der Waals surface area contributed by atoms with Gasteiger partial charge in [0.05, 0.1) is 13.1 Å². The number of hydrogen-bond donors (Lipinski definition) is 0. The summed E-state index contributed by atoms with van der Waals surface area (Å²) in [6, 6.07) is 0. The van der Waals surface area contributed by atoms with E-state index in [0.717, 1.165) is 0 Å². The maximum atomic E-state index is 5.08. The Morgan fingerprint density at radius 2 is 1.31 bits per heavy atom. The van der Waals surface area contributed by atoms with E-state index in [1.807, 2.05) is 0 Å². The first-order valence-corrected chi connectivity index (χ1v) is 5.47. The number of thiocarbonyl (C=S) groups is 1. The van der Waals surface area contributed by atoms with Crippen LogP contribution in [-0.4, -0.2) is 63.3 Å². The molecule has 0 N–H and O–H groups in total. The van der Waals surface area contributed by atoms with Gasteiger partial charge in [-0.2, -0.15) is 0 Å². The van der Waals surface area contributed by atoms with Gasteiger partial charge < -0.3 is 48.7 Å². The molecule has 96 valence electrons. The molecule has 0 atom stereocenters. The molecule has 0 radical (unpaired) electrons. The van der Waals surface area contributed by atoms with Crippen LogP contribution >= 0.6 is 12.2 Å². The third kappa shape index (κ3) is 5.88. The van der Waals surface area contributed by atoms with E-state index >= 15 is 0 Å². The maximum absolute atomic E-state index is 5.08. The van der Waals surface area contributed by atoms with Crippen molar-refractivity contribution in [2.75, 3.05) is 41.5 Å². The van der Waals surface area contributed by atoms with Crippen molar-refractivity contribution in [1.29, 1.82) is 0 Å². The maximum Gasteiger partial charge on any atom is 0.174 e. The lowest BCUT2D eigenvalue weighted by Gasteiger charge is -2.33. The molecule has 0 aliphatic carbocycles. The highest BCUT2D eigenvalue weighted by Crippen LogP contribution is 2.03. The average Bonchev–Trinajstić information content (AvgIpc) is 2.29. The highest BCUT2D eigenvalue weighted by Gasteiger charge is 2.15. The van der Waals surface area contributed by atoms with E-state index in [-0.39, 0.29) is 12.6 Å². The Morgan fingerprint density at radius 3 is 1.50 bits per heavy atom. The summed E-state index contributed by atoms with van der Waals surface area (Å²) in [6.45, 7) is 0.886. The van der Waals surface area contributed by atoms with Crippen LogP contribution < -0.4 is 0 Å². The zero-order valence-corrected chi connectivity index (χ0v) is 11.6. The van der Waals surface area contributed by atoms with Crippen molar-refractivity contribution < 1.29 is 18.9 Å². The predicted octanol–water partition coefficient (Wildman–Crippen LogP) is 0.358. The average molecular weight is 268 g/mol. The molecule has 7 heteroatoms. The Hall–Kier alpha value is -0.0500. The highest BCUT2D eigenvalue weighted by molar-refractivity contribution is 8.00. The monoisotopic (exact) mass is 268 g/mol. The molecule has 5 nitrogen and oxygen atoms in total. The second kappa shape index (κ2) is 9.03. The summed E-state index contributed by atoms with van der Waals surface area (Å²) >= 11 is 9.93. The first kappa shape index (κ1) is 16.0. The summed E-state index contributed by atoms with van der Waals surface area (Å²) in [7, 11) is 6.23. The fourth-order valence-corrected chi connectivity index (χ4v) is 1.37. The van der Waals surface area contributed by atoms with Crippen molar-refractivity contribution in [3.63, 3.8) is 0 Å². The van der Waals surface area contributed by atoms with Crippen molar-refractivity contribution in [1.82, 2.24) is 4.90 Å². The van der Waals surface area contributed by atoms with Crippen molar-refractivity contribution in [2.45, 2.75) is 12.6 Å². The number of nitrogens with zero attached hydrogens (tertiary/aromatic N) is 1. The summed E-state index contributed by atoms with van der Waals surface area (Å²) in [6.07, 6.45) is -0.759. The van der Waals surface area contributed by atoms with Crippen molar-refractivity contribution >= 4 is 29.2 Å². The lowest BCUT2D eigenvalue weighted by atomic mass is 10.5. The normalized spacial score (nSPS) is 11.1. The Morgan fingerprint density at radius 1 is 1.00 bits per heavy atom. The van der Waals surface area contributed by atoms with Gasteiger partial charge in [0.15, 0.2) is 12.6 Å². The van der Waals surface area contributed by atoms with E-state index in [9.17, 15) is 0 Å². The van der Waals surface area contributed by atoms with Gasteiger partial charge in [-0.15, -0.1) is 0 Å². The Balaban J connectivity index is 4.31. The second-order valence-electron chi connectivity index (χ2n) is 2.97. The topological polar surface area (TPSA) is 40.2 Å². The summed E-state index contributed by atoms with van der Waals surface area (Å²) in [5.41, 5.74) is 0. The highest BCUT2D eigenvalue weighted by atomic mass is 32.1. The van der Waals surface area contributed by atoms with Gasteiger partial charge in [0, 0.05) is 28.4 Å². The minimum Gasteiger partial charge on any atom is -0.411 e. The standard InChI is InChI=1S/C9H19NO4S2/c1-11-7(12-2)5-10(9(15)16)6-8(13-3)14-4/h7-8H,5-6H2,1-4H3,(H,15,16)/p-1. The van der Waals surface area contributed by atoms with E-state index in [1.54, 1.807) is 33.3 Å². The molecule has 0 bridgehead atoms. The molecule has 16 heavy (non-hydrogen) atoms. The Kier molecular flexibility index (Phi) is 9.00. The molecule has 0 heterocycles. The molecule has 0 spiro atoms. The third-order valence-corrected chi connectivity index (χ3v) is 2.57. The van der Waals surface area contributed by atoms with Crippen LogP contribution in [0, 0.1) is 0 Å². The second-order valence-corrected chi connectivity index (χ2v) is 4.00. The molecule has 0 unspecified atom stereocenters. The molecule has 0 rings (SSSR count). The molecule has 0 aromatic heterocycles. The minimum atomic E-state index is -0.379.